The molecule has 0 fully saturated rings. The molecule has 0 unspecified atom stereocenters. The van der Waals surface area contributed by atoms with Gasteiger partial charge in [0.1, 0.15) is 5.75 Å². The molecule has 3 rings (SSSR count). The third-order valence-corrected chi connectivity index (χ3v) is 4.17. The highest BCUT2D eigenvalue weighted by Gasteiger charge is 2.15. The maximum Gasteiger partial charge on any atom is 0.338 e. The van der Waals surface area contributed by atoms with Crippen LogP contribution in [-0.4, -0.2) is 32.2 Å². The van der Waals surface area contributed by atoms with Crippen LogP contribution in [0, 0.1) is 0 Å². The van der Waals surface area contributed by atoms with E-state index in [2.05, 4.69) is 5.32 Å². The van der Waals surface area contributed by atoms with Crippen molar-refractivity contribution in [1.82, 2.24) is 0 Å². The van der Waals surface area contributed by atoms with E-state index in [1.807, 2.05) is 37.3 Å². The number of benzene rings is 3. The number of nitrogens with one attached hydrogen (secondary N) is 1. The van der Waals surface area contributed by atoms with Crippen LogP contribution in [0.1, 0.15) is 17.3 Å². The first kappa shape index (κ1) is 21.7. The molecule has 0 aromatic heterocycles. The summed E-state index contributed by atoms with van der Waals surface area (Å²) in [4.78, 5) is 24.7. The number of amides is 1. The van der Waals surface area contributed by atoms with Gasteiger partial charge in [0.25, 0.3) is 5.91 Å². The quantitative estimate of drug-likeness (QED) is 0.505. The molecule has 0 heterocycles. The van der Waals surface area contributed by atoms with Crippen molar-refractivity contribution in [2.45, 2.75) is 6.92 Å². The van der Waals surface area contributed by atoms with Crippen LogP contribution in [0.4, 0.5) is 5.69 Å². The smallest absolute Gasteiger partial charge is 0.338 e. The van der Waals surface area contributed by atoms with Gasteiger partial charge in [0.05, 0.1) is 25.0 Å². The van der Waals surface area contributed by atoms with Gasteiger partial charge in [0.2, 0.25) is 0 Å². The fraction of sp³-hybridized carbons (Fsp3) is 0.167. The minimum Gasteiger partial charge on any atom is -0.493 e. The summed E-state index contributed by atoms with van der Waals surface area (Å²) in [6.07, 6.45) is 0. The molecule has 1 amide bonds. The molecular weight excluding hydrogens is 398 g/mol. The van der Waals surface area contributed by atoms with Gasteiger partial charge < -0.3 is 24.3 Å². The molecule has 3 aromatic carbocycles. The maximum absolute atomic E-state index is 12.3. The number of methoxy groups -OCH3 is 1. The number of hydrogen-bond donors (Lipinski definition) is 1. The lowest BCUT2D eigenvalue weighted by Crippen LogP contribution is -2.21. The fourth-order valence-electron chi connectivity index (χ4n) is 2.75. The fourth-order valence-corrected chi connectivity index (χ4v) is 2.75. The summed E-state index contributed by atoms with van der Waals surface area (Å²) < 4.78 is 21.6. The van der Waals surface area contributed by atoms with E-state index < -0.39 is 18.5 Å². The van der Waals surface area contributed by atoms with E-state index in [1.54, 1.807) is 36.4 Å². The van der Waals surface area contributed by atoms with E-state index in [4.69, 9.17) is 18.9 Å². The molecule has 7 nitrogen and oxygen atoms in total. The topological polar surface area (TPSA) is 83.1 Å². The molecule has 31 heavy (non-hydrogen) atoms. The van der Waals surface area contributed by atoms with Gasteiger partial charge in [-0.25, -0.2) is 4.79 Å². The van der Waals surface area contributed by atoms with Gasteiger partial charge in [-0.15, -0.1) is 0 Å². The average molecular weight is 421 g/mol. The summed E-state index contributed by atoms with van der Waals surface area (Å²) in [6, 6.07) is 20.9. The Morgan fingerprint density at radius 3 is 2.35 bits per heavy atom. The minimum atomic E-state index is -0.646. The molecule has 0 spiro atoms. The Labute approximate surface area is 180 Å². The molecule has 0 bridgehead atoms. The second kappa shape index (κ2) is 10.7. The maximum atomic E-state index is 12.3. The zero-order valence-corrected chi connectivity index (χ0v) is 17.3. The van der Waals surface area contributed by atoms with Crippen molar-refractivity contribution >= 4 is 17.6 Å². The molecule has 160 valence electrons. The van der Waals surface area contributed by atoms with E-state index in [0.717, 1.165) is 0 Å². The lowest BCUT2D eigenvalue weighted by molar-refractivity contribution is -0.119. The van der Waals surface area contributed by atoms with Crippen LogP contribution in [0.2, 0.25) is 0 Å². The second-order valence-corrected chi connectivity index (χ2v) is 6.33. The molecule has 0 aliphatic rings. The minimum absolute atomic E-state index is 0.255. The number of ether oxygens (including phenoxy) is 4. The molecule has 1 N–H and O–H groups in total. The molecule has 0 radical (unpaired) electrons. The van der Waals surface area contributed by atoms with Gasteiger partial charge in [-0.05, 0) is 49.4 Å². The molecule has 0 atom stereocenters. The van der Waals surface area contributed by atoms with Crippen molar-refractivity contribution < 1.29 is 28.5 Å². The van der Waals surface area contributed by atoms with Crippen LogP contribution in [-0.2, 0) is 9.53 Å². The average Bonchev–Trinajstić information content (AvgIpc) is 2.79. The zero-order chi connectivity index (χ0) is 22.1. The highest BCUT2D eigenvalue weighted by Crippen LogP contribution is 2.30. The standard InChI is InChI=1S/C24H23NO6/c1-3-29-22-15-17(13-14-21(22)28-2)24(27)30-16-23(26)25-19-11-7-8-12-20(19)31-18-9-5-4-6-10-18/h4-15H,3,16H2,1-2H3,(H,25,26). The van der Waals surface area contributed by atoms with Crippen LogP contribution in [0.15, 0.2) is 72.8 Å². The number of carbonyl (C=O) groups excluding carboxylic acids is 2. The van der Waals surface area contributed by atoms with Crippen LogP contribution in [0.25, 0.3) is 0 Å². The number of carbonyl (C=O) groups is 2. The number of rotatable bonds is 9. The Bertz CT molecular complexity index is 1040. The number of anilines is 1. The van der Waals surface area contributed by atoms with Gasteiger partial charge in [0, 0.05) is 0 Å². The Kier molecular flexibility index (Phi) is 7.48. The number of para-hydroxylation sites is 3. The van der Waals surface area contributed by atoms with E-state index in [-0.39, 0.29) is 5.56 Å². The van der Waals surface area contributed by atoms with Crippen LogP contribution in [0.5, 0.6) is 23.0 Å². The number of hydrogen-bond acceptors (Lipinski definition) is 6. The Morgan fingerprint density at radius 1 is 0.871 bits per heavy atom. The van der Waals surface area contributed by atoms with E-state index in [0.29, 0.717) is 35.3 Å². The Balaban J connectivity index is 1.61. The van der Waals surface area contributed by atoms with Crippen molar-refractivity contribution in [3.63, 3.8) is 0 Å². The first-order valence-corrected chi connectivity index (χ1v) is 9.70. The van der Waals surface area contributed by atoms with E-state index in [9.17, 15) is 9.59 Å². The van der Waals surface area contributed by atoms with Crippen LogP contribution in [0.3, 0.4) is 0 Å². The highest BCUT2D eigenvalue weighted by molar-refractivity contribution is 5.96. The lowest BCUT2D eigenvalue weighted by Gasteiger charge is -2.13. The monoisotopic (exact) mass is 421 g/mol. The third kappa shape index (κ3) is 5.99. The summed E-state index contributed by atoms with van der Waals surface area (Å²) in [5.74, 6) is 0.913. The van der Waals surface area contributed by atoms with Gasteiger partial charge >= 0.3 is 5.97 Å². The molecule has 0 aliphatic heterocycles. The van der Waals surface area contributed by atoms with Crippen LogP contribution < -0.4 is 19.5 Å². The molecule has 0 aliphatic carbocycles. The largest absolute Gasteiger partial charge is 0.493 e. The zero-order valence-electron chi connectivity index (χ0n) is 17.3. The predicted molar refractivity (Wildman–Crippen MR) is 116 cm³/mol. The Hall–Kier alpha value is -4.00. The second-order valence-electron chi connectivity index (χ2n) is 6.33. The van der Waals surface area contributed by atoms with Gasteiger partial charge in [-0.1, -0.05) is 30.3 Å². The van der Waals surface area contributed by atoms with Gasteiger partial charge in [-0.2, -0.15) is 0 Å². The first-order chi connectivity index (χ1) is 15.1. The summed E-state index contributed by atoms with van der Waals surface area (Å²) >= 11 is 0. The van der Waals surface area contributed by atoms with Crippen molar-refractivity contribution in [2.75, 3.05) is 25.6 Å². The van der Waals surface area contributed by atoms with Crippen molar-refractivity contribution in [1.29, 1.82) is 0 Å². The summed E-state index contributed by atoms with van der Waals surface area (Å²) in [5, 5.41) is 2.70. The third-order valence-electron chi connectivity index (χ3n) is 4.17. The summed E-state index contributed by atoms with van der Waals surface area (Å²) in [5.41, 5.74) is 0.723. The van der Waals surface area contributed by atoms with E-state index >= 15 is 0 Å². The molecule has 0 saturated carbocycles. The summed E-state index contributed by atoms with van der Waals surface area (Å²) in [7, 11) is 1.51. The van der Waals surface area contributed by atoms with Gasteiger partial charge in [-0.3, -0.25) is 4.79 Å². The predicted octanol–water partition coefficient (Wildman–Crippen LogP) is 4.68. The number of esters is 1. The molecule has 3 aromatic rings. The van der Waals surface area contributed by atoms with Gasteiger partial charge in [0.15, 0.2) is 23.9 Å². The van der Waals surface area contributed by atoms with E-state index in [1.165, 1.54) is 13.2 Å². The SMILES string of the molecule is CCOc1cc(C(=O)OCC(=O)Nc2ccccc2Oc2ccccc2)ccc1OC. The highest BCUT2D eigenvalue weighted by atomic mass is 16.5. The first-order valence-electron chi connectivity index (χ1n) is 9.70. The molecule has 7 heteroatoms. The summed E-state index contributed by atoms with van der Waals surface area (Å²) in [6.45, 7) is 1.80. The van der Waals surface area contributed by atoms with Crippen molar-refractivity contribution in [3.05, 3.63) is 78.4 Å². The van der Waals surface area contributed by atoms with Crippen molar-refractivity contribution in [2.24, 2.45) is 0 Å². The lowest BCUT2D eigenvalue weighted by atomic mass is 10.2. The normalized spacial score (nSPS) is 10.1. The molecular formula is C24H23NO6. The Morgan fingerprint density at radius 2 is 1.61 bits per heavy atom. The molecule has 0 saturated heterocycles. The van der Waals surface area contributed by atoms with Crippen LogP contribution >= 0.6 is 0 Å². The van der Waals surface area contributed by atoms with Crippen molar-refractivity contribution in [3.8, 4) is 23.0 Å².